The topological polar surface area (TPSA) is 110 Å². The van der Waals surface area contributed by atoms with Crippen molar-refractivity contribution in [3.05, 3.63) is 38.9 Å². The second-order valence-electron chi connectivity index (χ2n) is 3.15. The molecular formula is C9H4F3N3O3. The van der Waals surface area contributed by atoms with Crippen molar-refractivity contribution in [2.75, 3.05) is 0 Å². The number of rotatable bonds is 2. The Morgan fingerprint density at radius 1 is 1.44 bits per heavy atom. The molecule has 0 heterocycles. The summed E-state index contributed by atoms with van der Waals surface area (Å²) in [5.74, 6) is -1.38. The van der Waals surface area contributed by atoms with Crippen LogP contribution in [0.5, 0.6) is 0 Å². The number of benzene rings is 1. The number of amides is 1. The van der Waals surface area contributed by atoms with Crippen molar-refractivity contribution in [1.29, 1.82) is 5.26 Å². The van der Waals surface area contributed by atoms with Crippen molar-refractivity contribution < 1.29 is 22.9 Å². The van der Waals surface area contributed by atoms with E-state index in [1.165, 1.54) is 6.07 Å². The lowest BCUT2D eigenvalue weighted by Gasteiger charge is -2.09. The highest BCUT2D eigenvalue weighted by Crippen LogP contribution is 2.35. The Morgan fingerprint density at radius 2 is 2.00 bits per heavy atom. The summed E-state index contributed by atoms with van der Waals surface area (Å²) in [7, 11) is 0. The lowest BCUT2D eigenvalue weighted by Crippen LogP contribution is -2.17. The zero-order chi connectivity index (χ0) is 14.1. The molecule has 0 unspecified atom stereocenters. The van der Waals surface area contributed by atoms with Gasteiger partial charge in [0.25, 0.3) is 11.6 Å². The number of halogens is 3. The van der Waals surface area contributed by atoms with E-state index in [2.05, 4.69) is 0 Å². The molecule has 6 nitrogen and oxygen atoms in total. The maximum absolute atomic E-state index is 12.5. The summed E-state index contributed by atoms with van der Waals surface area (Å²) in [4.78, 5) is 20.4. The maximum atomic E-state index is 12.5. The SMILES string of the molecule is N#Cc1cc([N+](=O)[O-])c(C(N)=O)cc1C(F)(F)F. The van der Waals surface area contributed by atoms with E-state index in [4.69, 9.17) is 11.0 Å². The van der Waals surface area contributed by atoms with E-state index in [1.807, 2.05) is 0 Å². The van der Waals surface area contributed by atoms with E-state index in [0.29, 0.717) is 6.07 Å². The molecule has 1 aromatic rings. The van der Waals surface area contributed by atoms with E-state index in [1.54, 1.807) is 0 Å². The lowest BCUT2D eigenvalue weighted by atomic mass is 10.0. The monoisotopic (exact) mass is 259 g/mol. The number of nitrogens with two attached hydrogens (primary N) is 1. The van der Waals surface area contributed by atoms with Crippen LogP contribution in [0, 0.1) is 21.4 Å². The van der Waals surface area contributed by atoms with E-state index in [0.717, 1.165) is 0 Å². The molecule has 0 aliphatic heterocycles. The van der Waals surface area contributed by atoms with Gasteiger partial charge < -0.3 is 5.73 Å². The summed E-state index contributed by atoms with van der Waals surface area (Å²) in [6, 6.07) is 1.77. The van der Waals surface area contributed by atoms with Gasteiger partial charge in [-0.05, 0) is 6.07 Å². The first-order valence-electron chi connectivity index (χ1n) is 4.28. The van der Waals surface area contributed by atoms with Crippen LogP contribution in [0.15, 0.2) is 12.1 Å². The smallest absolute Gasteiger partial charge is 0.365 e. The minimum Gasteiger partial charge on any atom is -0.365 e. The maximum Gasteiger partial charge on any atom is 0.417 e. The minimum atomic E-state index is -4.91. The molecule has 0 fully saturated rings. The van der Waals surface area contributed by atoms with Gasteiger partial charge in [-0.15, -0.1) is 0 Å². The first-order chi connectivity index (χ1) is 8.18. The van der Waals surface area contributed by atoms with Crippen molar-refractivity contribution in [1.82, 2.24) is 0 Å². The average molecular weight is 259 g/mol. The Balaban J connectivity index is 3.69. The van der Waals surface area contributed by atoms with Gasteiger partial charge in [-0.25, -0.2) is 0 Å². The molecule has 9 heteroatoms. The van der Waals surface area contributed by atoms with Gasteiger partial charge in [-0.1, -0.05) is 0 Å². The molecule has 94 valence electrons. The number of hydrogen-bond acceptors (Lipinski definition) is 4. The highest BCUT2D eigenvalue weighted by Gasteiger charge is 2.36. The zero-order valence-corrected chi connectivity index (χ0v) is 8.49. The Kier molecular flexibility index (Phi) is 3.23. The molecule has 0 saturated heterocycles. The molecule has 18 heavy (non-hydrogen) atoms. The zero-order valence-electron chi connectivity index (χ0n) is 8.49. The lowest BCUT2D eigenvalue weighted by molar-refractivity contribution is -0.385. The molecule has 1 rings (SSSR count). The van der Waals surface area contributed by atoms with Gasteiger partial charge in [0.2, 0.25) is 0 Å². The minimum absolute atomic E-state index is 0.207. The van der Waals surface area contributed by atoms with Crippen LogP contribution in [0.3, 0.4) is 0 Å². The van der Waals surface area contributed by atoms with E-state index < -0.39 is 39.4 Å². The molecule has 0 atom stereocenters. The number of nitriles is 1. The summed E-state index contributed by atoms with van der Waals surface area (Å²) in [6.07, 6.45) is -4.91. The Labute approximate surface area is 97.6 Å². The molecule has 0 bridgehead atoms. The molecule has 0 spiro atoms. The summed E-state index contributed by atoms with van der Waals surface area (Å²) < 4.78 is 37.6. The summed E-state index contributed by atoms with van der Waals surface area (Å²) >= 11 is 0. The third-order valence-corrected chi connectivity index (χ3v) is 2.02. The van der Waals surface area contributed by atoms with Gasteiger partial charge in [0.15, 0.2) is 0 Å². The quantitative estimate of drug-likeness (QED) is 0.642. The molecule has 1 aromatic carbocycles. The largest absolute Gasteiger partial charge is 0.417 e. The van der Waals surface area contributed by atoms with Crippen molar-refractivity contribution in [2.24, 2.45) is 5.73 Å². The average Bonchev–Trinajstić information content (AvgIpc) is 2.25. The van der Waals surface area contributed by atoms with Crippen LogP contribution in [0.1, 0.15) is 21.5 Å². The van der Waals surface area contributed by atoms with Crippen LogP contribution in [-0.2, 0) is 6.18 Å². The fourth-order valence-electron chi connectivity index (χ4n) is 1.26. The Hall–Kier alpha value is -2.63. The number of carbonyl (C=O) groups excluding carboxylic acids is 1. The third kappa shape index (κ3) is 2.37. The summed E-state index contributed by atoms with van der Waals surface area (Å²) in [5, 5.41) is 19.1. The normalized spacial score (nSPS) is 10.8. The number of carbonyl (C=O) groups is 1. The van der Waals surface area contributed by atoms with Gasteiger partial charge in [0, 0.05) is 6.07 Å². The third-order valence-electron chi connectivity index (χ3n) is 2.02. The van der Waals surface area contributed by atoms with E-state index >= 15 is 0 Å². The van der Waals surface area contributed by atoms with Gasteiger partial charge >= 0.3 is 6.18 Å². The second kappa shape index (κ2) is 4.33. The summed E-state index contributed by atoms with van der Waals surface area (Å²) in [5.41, 5.74) is 0.542. The van der Waals surface area contributed by atoms with Crippen molar-refractivity contribution in [3.8, 4) is 6.07 Å². The molecule has 0 saturated carbocycles. The van der Waals surface area contributed by atoms with Crippen LogP contribution < -0.4 is 5.73 Å². The first-order valence-corrected chi connectivity index (χ1v) is 4.28. The molecule has 2 N–H and O–H groups in total. The van der Waals surface area contributed by atoms with Gasteiger partial charge in [-0.2, -0.15) is 18.4 Å². The summed E-state index contributed by atoms with van der Waals surface area (Å²) in [6.45, 7) is 0. The second-order valence-corrected chi connectivity index (χ2v) is 3.15. The molecule has 0 radical (unpaired) electrons. The number of hydrogen-bond donors (Lipinski definition) is 1. The van der Waals surface area contributed by atoms with Crippen molar-refractivity contribution >= 4 is 11.6 Å². The highest BCUT2D eigenvalue weighted by molar-refractivity contribution is 5.97. The molecule has 0 aliphatic rings. The van der Waals surface area contributed by atoms with Crippen LogP contribution >= 0.6 is 0 Å². The molecule has 0 aliphatic carbocycles. The highest BCUT2D eigenvalue weighted by atomic mass is 19.4. The predicted molar refractivity (Wildman–Crippen MR) is 51.3 cm³/mol. The van der Waals surface area contributed by atoms with E-state index in [9.17, 15) is 28.1 Å². The van der Waals surface area contributed by atoms with Crippen molar-refractivity contribution in [2.45, 2.75) is 6.18 Å². The first kappa shape index (κ1) is 13.4. The number of nitrogens with zero attached hydrogens (tertiary/aromatic N) is 2. The van der Waals surface area contributed by atoms with Gasteiger partial charge in [0.05, 0.1) is 16.1 Å². The predicted octanol–water partition coefficient (Wildman–Crippen LogP) is 1.58. The number of primary amides is 1. The Morgan fingerprint density at radius 3 is 2.33 bits per heavy atom. The molecule has 1 amide bonds. The molecular weight excluding hydrogens is 255 g/mol. The van der Waals surface area contributed by atoms with Crippen LogP contribution in [-0.4, -0.2) is 10.8 Å². The number of alkyl halides is 3. The Bertz CT molecular complexity index is 575. The number of nitro benzene ring substituents is 1. The number of nitro groups is 1. The fourth-order valence-corrected chi connectivity index (χ4v) is 1.26. The van der Waals surface area contributed by atoms with Gasteiger partial charge in [0.1, 0.15) is 11.6 Å². The van der Waals surface area contributed by atoms with Crippen molar-refractivity contribution in [3.63, 3.8) is 0 Å². The fraction of sp³-hybridized carbons (Fsp3) is 0.111. The molecule has 0 aromatic heterocycles. The standard InChI is InChI=1S/C9H4F3N3O3/c10-9(11,12)6-2-5(8(14)16)7(15(17)18)1-4(6)3-13/h1-2H,(H2,14,16). The van der Waals surface area contributed by atoms with Crippen LogP contribution in [0.2, 0.25) is 0 Å². The van der Waals surface area contributed by atoms with Crippen LogP contribution in [0.4, 0.5) is 18.9 Å². The van der Waals surface area contributed by atoms with E-state index in [-0.39, 0.29) is 6.07 Å². The van der Waals surface area contributed by atoms with Crippen LogP contribution in [0.25, 0.3) is 0 Å². The van der Waals surface area contributed by atoms with Gasteiger partial charge in [-0.3, -0.25) is 14.9 Å².